The Morgan fingerprint density at radius 1 is 0.960 bits per heavy atom. The smallest absolute Gasteiger partial charge is 0.260 e. The number of fused-ring (bicyclic) bond motifs is 1. The van der Waals surface area contributed by atoms with E-state index in [2.05, 4.69) is 10.1 Å². The van der Waals surface area contributed by atoms with Gasteiger partial charge in [0.05, 0.1) is 11.2 Å². The average molecular weight is 740 g/mol. The first-order chi connectivity index (χ1) is 24.1. The van der Waals surface area contributed by atoms with Gasteiger partial charge in [0.1, 0.15) is 34.6 Å². The van der Waals surface area contributed by atoms with Gasteiger partial charge in [-0.15, -0.1) is 0 Å². The SMILES string of the molecule is Cc1ccc2cccc(OCc3c(Cl)ccc(S(=O)(=O)N4CCC[C@H]4C(=O)N4CCN(C(=O)COc5ccc(C=NN)cc5)CC4)c3Cl)c2n1. The summed E-state index contributed by atoms with van der Waals surface area (Å²) >= 11 is 13.3. The molecule has 2 amide bonds. The Labute approximate surface area is 300 Å². The summed E-state index contributed by atoms with van der Waals surface area (Å²) in [6.07, 6.45) is 2.39. The number of hydrogen-bond acceptors (Lipinski definition) is 9. The van der Waals surface area contributed by atoms with Gasteiger partial charge >= 0.3 is 0 Å². The number of amides is 2. The Balaban J connectivity index is 1.09. The fourth-order valence-corrected chi connectivity index (χ4v) is 8.67. The molecule has 1 aromatic heterocycles. The fraction of sp³-hybridized carbons (Fsp3) is 0.314. The maximum atomic E-state index is 14.1. The van der Waals surface area contributed by atoms with Crippen LogP contribution in [0.1, 0.15) is 29.7 Å². The molecule has 262 valence electrons. The molecule has 12 nitrogen and oxygen atoms in total. The number of rotatable bonds is 10. The number of ether oxygens (including phenoxy) is 2. The molecule has 2 saturated heterocycles. The first-order valence-electron chi connectivity index (χ1n) is 16.1. The van der Waals surface area contributed by atoms with Gasteiger partial charge in [0.15, 0.2) is 6.61 Å². The molecule has 50 heavy (non-hydrogen) atoms. The number of piperazine rings is 1. The monoisotopic (exact) mass is 738 g/mol. The highest BCUT2D eigenvalue weighted by Crippen LogP contribution is 2.37. The predicted octanol–water partition coefficient (Wildman–Crippen LogP) is 4.62. The summed E-state index contributed by atoms with van der Waals surface area (Å²) < 4.78 is 41.1. The molecule has 2 fully saturated rings. The van der Waals surface area contributed by atoms with Gasteiger partial charge in [-0.25, -0.2) is 13.4 Å². The molecule has 3 aromatic carbocycles. The van der Waals surface area contributed by atoms with E-state index in [1.807, 2.05) is 31.2 Å². The van der Waals surface area contributed by atoms with Crippen molar-refractivity contribution in [3.05, 3.63) is 93.6 Å². The molecule has 0 saturated carbocycles. The van der Waals surface area contributed by atoms with Crippen molar-refractivity contribution in [2.45, 2.75) is 37.3 Å². The highest BCUT2D eigenvalue weighted by atomic mass is 35.5. The number of carbonyl (C=O) groups is 2. The molecule has 2 aliphatic rings. The van der Waals surface area contributed by atoms with Crippen molar-refractivity contribution in [3.63, 3.8) is 0 Å². The number of halogens is 2. The van der Waals surface area contributed by atoms with Crippen LogP contribution in [-0.2, 0) is 26.2 Å². The summed E-state index contributed by atoms with van der Waals surface area (Å²) in [6, 6.07) is 18.3. The fourth-order valence-electron chi connectivity index (χ4n) is 6.15. The van der Waals surface area contributed by atoms with E-state index in [0.717, 1.165) is 16.6 Å². The summed E-state index contributed by atoms with van der Waals surface area (Å²) in [5.41, 5.74) is 2.60. The molecule has 1 atom stereocenters. The van der Waals surface area contributed by atoms with Gasteiger partial charge in [-0.3, -0.25) is 9.59 Å². The minimum absolute atomic E-state index is 0.0605. The topological polar surface area (TPSA) is 148 Å². The normalized spacial score (nSPS) is 17.1. The third-order valence-electron chi connectivity index (χ3n) is 8.83. The third kappa shape index (κ3) is 7.51. The number of hydrogen-bond donors (Lipinski definition) is 1. The summed E-state index contributed by atoms with van der Waals surface area (Å²) in [6.45, 7) is 2.95. The molecular formula is C35H36Cl2N6O6S. The molecule has 6 rings (SSSR count). The second-order valence-corrected chi connectivity index (χ2v) is 14.7. The summed E-state index contributed by atoms with van der Waals surface area (Å²) in [5, 5.41) is 4.56. The molecule has 0 spiro atoms. The predicted molar refractivity (Wildman–Crippen MR) is 191 cm³/mol. The molecule has 0 unspecified atom stereocenters. The van der Waals surface area contributed by atoms with Crippen molar-refractivity contribution in [2.75, 3.05) is 39.3 Å². The van der Waals surface area contributed by atoms with Gasteiger partial charge < -0.3 is 25.1 Å². The number of pyridine rings is 1. The number of hydrazone groups is 1. The molecule has 0 aliphatic carbocycles. The van der Waals surface area contributed by atoms with Gasteiger partial charge in [-0.05, 0) is 73.9 Å². The summed E-state index contributed by atoms with van der Waals surface area (Å²) in [4.78, 5) is 34.3. The average Bonchev–Trinajstić information content (AvgIpc) is 3.62. The van der Waals surface area contributed by atoms with Crippen molar-refractivity contribution in [1.82, 2.24) is 19.1 Å². The van der Waals surface area contributed by atoms with Crippen LogP contribution < -0.4 is 15.3 Å². The van der Waals surface area contributed by atoms with E-state index in [9.17, 15) is 18.0 Å². The Hall–Kier alpha value is -4.43. The number of benzene rings is 3. The standard InChI is InChI=1S/C35H36Cl2N6O6S/c1-23-7-10-25-4-2-6-30(34(25)40-23)49-21-27-28(36)13-14-31(33(27)37)50(46,47)43-15-3-5-29(43)35(45)42-18-16-41(17-19-42)32(44)22-48-26-11-8-24(9-12-26)20-39-38/h2,4,6-14,20,29H,3,5,15-19,21-22,38H2,1H3/t29-/m0/s1. The molecule has 0 radical (unpaired) electrons. The van der Waals surface area contributed by atoms with Crippen molar-refractivity contribution >= 4 is 62.2 Å². The minimum atomic E-state index is -4.20. The Bertz CT molecular complexity index is 2040. The van der Waals surface area contributed by atoms with E-state index >= 15 is 0 Å². The van der Waals surface area contributed by atoms with Crippen molar-refractivity contribution in [2.24, 2.45) is 10.9 Å². The van der Waals surface area contributed by atoms with Gasteiger partial charge in [-0.2, -0.15) is 9.41 Å². The summed E-state index contributed by atoms with van der Waals surface area (Å²) in [5.74, 6) is 5.69. The third-order valence-corrected chi connectivity index (χ3v) is 11.7. The summed E-state index contributed by atoms with van der Waals surface area (Å²) in [7, 11) is -4.20. The lowest BCUT2D eigenvalue weighted by molar-refractivity contribution is -0.142. The van der Waals surface area contributed by atoms with Crippen LogP contribution >= 0.6 is 23.2 Å². The maximum Gasteiger partial charge on any atom is 0.260 e. The number of aryl methyl sites for hydroxylation is 1. The van der Waals surface area contributed by atoms with Crippen LogP contribution in [0.5, 0.6) is 11.5 Å². The van der Waals surface area contributed by atoms with Crippen LogP contribution in [0.2, 0.25) is 10.0 Å². The van der Waals surface area contributed by atoms with Crippen LogP contribution in [0.4, 0.5) is 0 Å². The van der Waals surface area contributed by atoms with E-state index in [0.29, 0.717) is 48.5 Å². The lowest BCUT2D eigenvalue weighted by Crippen LogP contribution is -2.55. The van der Waals surface area contributed by atoms with Gasteiger partial charge in [-0.1, -0.05) is 41.4 Å². The number of carbonyl (C=O) groups excluding carboxylic acids is 2. The van der Waals surface area contributed by atoms with E-state index in [1.165, 1.54) is 22.7 Å². The first kappa shape index (κ1) is 35.4. The lowest BCUT2D eigenvalue weighted by atomic mass is 10.2. The zero-order chi connectivity index (χ0) is 35.4. The Kier molecular flexibility index (Phi) is 10.8. The van der Waals surface area contributed by atoms with Gasteiger partial charge in [0, 0.05) is 54.4 Å². The van der Waals surface area contributed by atoms with Crippen LogP contribution in [0, 0.1) is 6.92 Å². The zero-order valence-electron chi connectivity index (χ0n) is 27.3. The van der Waals surface area contributed by atoms with Crippen LogP contribution in [0.15, 0.2) is 76.7 Å². The molecule has 0 bridgehead atoms. The first-order valence-corrected chi connectivity index (χ1v) is 18.3. The highest BCUT2D eigenvalue weighted by molar-refractivity contribution is 7.89. The molecular weight excluding hydrogens is 703 g/mol. The molecule has 3 heterocycles. The van der Waals surface area contributed by atoms with E-state index in [1.54, 1.807) is 40.1 Å². The number of sulfonamides is 1. The minimum Gasteiger partial charge on any atom is -0.487 e. The van der Waals surface area contributed by atoms with Crippen molar-refractivity contribution < 1.29 is 27.5 Å². The van der Waals surface area contributed by atoms with Crippen LogP contribution in [-0.4, -0.2) is 90.9 Å². The number of para-hydroxylation sites is 1. The lowest BCUT2D eigenvalue weighted by Gasteiger charge is -2.37. The van der Waals surface area contributed by atoms with E-state index in [-0.39, 0.29) is 59.6 Å². The van der Waals surface area contributed by atoms with E-state index < -0.39 is 16.1 Å². The second-order valence-electron chi connectivity index (χ2n) is 12.0. The molecule has 2 aliphatic heterocycles. The zero-order valence-corrected chi connectivity index (χ0v) is 29.6. The number of nitrogens with zero attached hydrogens (tertiary/aromatic N) is 5. The molecule has 15 heteroatoms. The molecule has 2 N–H and O–H groups in total. The highest BCUT2D eigenvalue weighted by Gasteiger charge is 2.43. The number of aromatic nitrogens is 1. The Morgan fingerprint density at radius 2 is 1.70 bits per heavy atom. The van der Waals surface area contributed by atoms with Crippen molar-refractivity contribution in [3.8, 4) is 11.5 Å². The second kappa shape index (κ2) is 15.2. The van der Waals surface area contributed by atoms with E-state index in [4.69, 9.17) is 38.5 Å². The maximum absolute atomic E-state index is 14.1. The number of nitrogens with two attached hydrogens (primary N) is 1. The Morgan fingerprint density at radius 3 is 2.44 bits per heavy atom. The van der Waals surface area contributed by atoms with Crippen LogP contribution in [0.25, 0.3) is 10.9 Å². The van der Waals surface area contributed by atoms with Gasteiger partial charge in [0.25, 0.3) is 5.91 Å². The van der Waals surface area contributed by atoms with Crippen LogP contribution in [0.3, 0.4) is 0 Å². The quantitative estimate of drug-likeness (QED) is 0.141. The van der Waals surface area contributed by atoms with Gasteiger partial charge in [0.2, 0.25) is 15.9 Å². The molecule has 4 aromatic rings. The largest absolute Gasteiger partial charge is 0.487 e. The van der Waals surface area contributed by atoms with Crippen molar-refractivity contribution in [1.29, 1.82) is 0 Å².